The number of benzene rings is 1. The van der Waals surface area contributed by atoms with E-state index in [4.69, 9.17) is 0 Å². The molecule has 1 aliphatic rings. The van der Waals surface area contributed by atoms with Gasteiger partial charge in [0.15, 0.2) is 0 Å². The molecule has 7 nitrogen and oxygen atoms in total. The van der Waals surface area contributed by atoms with E-state index in [1.807, 2.05) is 44.3 Å². The lowest BCUT2D eigenvalue weighted by atomic mass is 9.82. The van der Waals surface area contributed by atoms with Crippen LogP contribution in [-0.4, -0.2) is 51.8 Å². The first-order valence-electron chi connectivity index (χ1n) is 13.2. The Morgan fingerprint density at radius 2 is 1.86 bits per heavy atom. The summed E-state index contributed by atoms with van der Waals surface area (Å²) in [4.78, 5) is 27.9. The number of rotatable bonds is 13. The maximum absolute atomic E-state index is 13.0. The summed E-state index contributed by atoms with van der Waals surface area (Å²) in [5, 5.41) is 29.2. The highest BCUT2D eigenvalue weighted by atomic mass is 16.3. The fourth-order valence-electron chi connectivity index (χ4n) is 5.29. The lowest BCUT2D eigenvalue weighted by molar-refractivity contribution is -0.122. The first-order valence-corrected chi connectivity index (χ1v) is 13.2. The van der Waals surface area contributed by atoms with Crippen LogP contribution in [0.15, 0.2) is 30.5 Å². The van der Waals surface area contributed by atoms with Gasteiger partial charge in [-0.05, 0) is 36.3 Å². The van der Waals surface area contributed by atoms with Crippen LogP contribution in [-0.2, 0) is 16.0 Å². The van der Waals surface area contributed by atoms with Gasteiger partial charge in [-0.2, -0.15) is 0 Å². The van der Waals surface area contributed by atoms with E-state index >= 15 is 0 Å². The van der Waals surface area contributed by atoms with Gasteiger partial charge < -0.3 is 25.3 Å². The molecule has 2 aromatic rings. The molecule has 1 unspecified atom stereocenters. The second kappa shape index (κ2) is 13.2. The topological polar surface area (TPSA) is 114 Å². The Bertz CT molecular complexity index is 937. The summed E-state index contributed by atoms with van der Waals surface area (Å²) in [6.45, 7) is 5.79. The van der Waals surface area contributed by atoms with Crippen molar-refractivity contribution in [1.82, 2.24) is 15.6 Å². The quantitative estimate of drug-likeness (QED) is 0.219. The molecular formula is C28H43N3O4. The van der Waals surface area contributed by atoms with Gasteiger partial charge in [0.1, 0.15) is 6.29 Å². The summed E-state index contributed by atoms with van der Waals surface area (Å²) >= 11 is 0. The third kappa shape index (κ3) is 7.89. The molecule has 1 fully saturated rings. The molecule has 0 saturated heterocycles. The van der Waals surface area contributed by atoms with Gasteiger partial charge in [0.25, 0.3) is 0 Å². The lowest BCUT2D eigenvalue weighted by Gasteiger charge is -2.36. The number of fused-ring (bicyclic) bond motifs is 1. The van der Waals surface area contributed by atoms with Gasteiger partial charge in [-0.1, -0.05) is 71.1 Å². The number of aldehydes is 1. The molecule has 35 heavy (non-hydrogen) atoms. The van der Waals surface area contributed by atoms with Crippen LogP contribution in [0.1, 0.15) is 71.3 Å². The largest absolute Gasteiger partial charge is 0.390 e. The van der Waals surface area contributed by atoms with Crippen molar-refractivity contribution in [3.8, 4) is 0 Å². The number of amides is 1. The summed E-state index contributed by atoms with van der Waals surface area (Å²) in [5.74, 6) is 0.00613. The molecule has 1 amide bonds. The zero-order valence-corrected chi connectivity index (χ0v) is 21.4. The zero-order valence-electron chi connectivity index (χ0n) is 21.4. The normalized spacial score (nSPS) is 19.3. The number of carbonyl (C=O) groups is 2. The van der Waals surface area contributed by atoms with Crippen LogP contribution in [0.2, 0.25) is 0 Å². The Balaban J connectivity index is 1.72. The molecule has 194 valence electrons. The highest BCUT2D eigenvalue weighted by molar-refractivity contribution is 5.89. The molecule has 1 heterocycles. The van der Waals surface area contributed by atoms with Crippen LogP contribution in [0.25, 0.3) is 10.9 Å². The van der Waals surface area contributed by atoms with Gasteiger partial charge >= 0.3 is 0 Å². The molecule has 1 aromatic heterocycles. The number of para-hydroxylation sites is 1. The Labute approximate surface area is 209 Å². The number of aliphatic hydroxyl groups excluding tert-OH is 2. The first-order chi connectivity index (χ1) is 16.8. The van der Waals surface area contributed by atoms with Crippen molar-refractivity contribution in [3.63, 3.8) is 0 Å². The zero-order chi connectivity index (χ0) is 25.4. The van der Waals surface area contributed by atoms with Crippen molar-refractivity contribution in [2.24, 2.45) is 17.8 Å². The Morgan fingerprint density at radius 1 is 1.14 bits per heavy atom. The van der Waals surface area contributed by atoms with Gasteiger partial charge in [-0.15, -0.1) is 0 Å². The lowest BCUT2D eigenvalue weighted by Crippen LogP contribution is -2.58. The Hall–Kier alpha value is -2.22. The smallest absolute Gasteiger partial charge is 0.225 e. The van der Waals surface area contributed by atoms with E-state index in [-0.39, 0.29) is 18.2 Å². The van der Waals surface area contributed by atoms with Crippen LogP contribution in [0.4, 0.5) is 0 Å². The Morgan fingerprint density at radius 3 is 2.54 bits per heavy atom. The molecule has 1 aliphatic carbocycles. The summed E-state index contributed by atoms with van der Waals surface area (Å²) in [5.41, 5.74) is 1.86. The maximum atomic E-state index is 13.0. The predicted molar refractivity (Wildman–Crippen MR) is 139 cm³/mol. The average molecular weight is 486 g/mol. The minimum absolute atomic E-state index is 0.180. The van der Waals surface area contributed by atoms with Crippen molar-refractivity contribution in [2.75, 3.05) is 0 Å². The monoisotopic (exact) mass is 485 g/mol. The molecule has 1 aromatic carbocycles. The molecule has 5 N–H and O–H groups in total. The number of nitrogens with one attached hydrogen (secondary N) is 3. The second-order valence-corrected chi connectivity index (χ2v) is 10.8. The van der Waals surface area contributed by atoms with Crippen molar-refractivity contribution in [2.45, 2.75) is 96.6 Å². The van der Waals surface area contributed by atoms with E-state index in [1.54, 1.807) is 6.92 Å². The van der Waals surface area contributed by atoms with Crippen LogP contribution in [0, 0.1) is 17.8 Å². The molecule has 1 saturated carbocycles. The van der Waals surface area contributed by atoms with Crippen molar-refractivity contribution in [1.29, 1.82) is 0 Å². The van der Waals surface area contributed by atoms with Crippen LogP contribution >= 0.6 is 0 Å². The molecule has 0 radical (unpaired) electrons. The van der Waals surface area contributed by atoms with E-state index in [0.29, 0.717) is 18.8 Å². The predicted octanol–water partition coefficient (Wildman–Crippen LogP) is 3.68. The minimum Gasteiger partial charge on any atom is -0.390 e. The van der Waals surface area contributed by atoms with E-state index in [9.17, 15) is 19.8 Å². The third-order valence-electron chi connectivity index (χ3n) is 7.31. The maximum Gasteiger partial charge on any atom is 0.225 e. The summed E-state index contributed by atoms with van der Waals surface area (Å²) in [6, 6.07) is 7.41. The van der Waals surface area contributed by atoms with Crippen LogP contribution in [0.5, 0.6) is 0 Å². The second-order valence-electron chi connectivity index (χ2n) is 10.8. The molecule has 0 spiro atoms. The fraction of sp³-hybridized carbons (Fsp3) is 0.643. The van der Waals surface area contributed by atoms with Crippen LogP contribution < -0.4 is 10.6 Å². The SMILES string of the molecule is CC(C)C[C@H](O)[C@H](O)[C@@H](CC1CCCCC1)NC(NC(=O)Cc1c[nH]c2ccccc12)[C@H](C)C=O. The van der Waals surface area contributed by atoms with Crippen LogP contribution in [0.3, 0.4) is 0 Å². The van der Waals surface area contributed by atoms with Crippen molar-refractivity contribution in [3.05, 3.63) is 36.0 Å². The van der Waals surface area contributed by atoms with Gasteiger partial charge in [-0.3, -0.25) is 10.1 Å². The number of carbonyl (C=O) groups excluding carboxylic acids is 2. The number of hydrogen-bond donors (Lipinski definition) is 5. The van der Waals surface area contributed by atoms with E-state index in [2.05, 4.69) is 15.6 Å². The molecule has 5 atom stereocenters. The number of aliphatic hydroxyl groups is 2. The van der Waals surface area contributed by atoms with Gasteiger partial charge in [0.2, 0.25) is 5.91 Å². The van der Waals surface area contributed by atoms with Gasteiger partial charge in [-0.25, -0.2) is 0 Å². The van der Waals surface area contributed by atoms with E-state index in [0.717, 1.165) is 35.6 Å². The van der Waals surface area contributed by atoms with Gasteiger partial charge in [0.05, 0.1) is 24.8 Å². The standard InChI is InChI=1S/C28H43N3O4/c1-18(2)13-25(33)27(35)24(14-20-9-5-4-6-10-20)30-28(19(3)17-32)31-26(34)15-21-16-29-23-12-8-7-11-22(21)23/h7-8,11-12,16-20,24-25,27-30,33,35H,4-6,9-10,13-15H2,1-3H3,(H,31,34)/t19-,24-,25+,27-,28?/m1/s1. The summed E-state index contributed by atoms with van der Waals surface area (Å²) in [7, 11) is 0. The van der Waals surface area contributed by atoms with Crippen molar-refractivity contribution >= 4 is 23.1 Å². The first kappa shape index (κ1) is 27.4. The molecule has 3 rings (SSSR count). The van der Waals surface area contributed by atoms with Gasteiger partial charge in [0, 0.05) is 29.1 Å². The molecular weight excluding hydrogens is 442 g/mol. The van der Waals surface area contributed by atoms with Crippen molar-refractivity contribution < 1.29 is 19.8 Å². The number of aromatic amines is 1. The highest BCUT2D eigenvalue weighted by Crippen LogP contribution is 2.29. The Kier molecular flexibility index (Phi) is 10.3. The fourth-order valence-corrected chi connectivity index (χ4v) is 5.29. The summed E-state index contributed by atoms with van der Waals surface area (Å²) < 4.78 is 0. The molecule has 0 bridgehead atoms. The average Bonchev–Trinajstić information content (AvgIpc) is 3.25. The number of aromatic nitrogens is 1. The summed E-state index contributed by atoms with van der Waals surface area (Å²) in [6.07, 6.45) is 7.35. The van der Waals surface area contributed by atoms with E-state index < -0.39 is 30.3 Å². The molecule has 0 aliphatic heterocycles. The third-order valence-corrected chi connectivity index (χ3v) is 7.31. The van der Waals surface area contributed by atoms with E-state index in [1.165, 1.54) is 19.3 Å². The molecule has 7 heteroatoms. The minimum atomic E-state index is -0.980. The number of hydrogen-bond acceptors (Lipinski definition) is 5. The highest BCUT2D eigenvalue weighted by Gasteiger charge is 2.33. The number of H-pyrrole nitrogens is 1.